The van der Waals surface area contributed by atoms with Crippen molar-refractivity contribution in [1.29, 1.82) is 0 Å². The zero-order valence-electron chi connectivity index (χ0n) is 12.4. The first-order chi connectivity index (χ1) is 9.07. The number of hydrogen-bond acceptors (Lipinski definition) is 5. The molecule has 106 valence electrons. The molecule has 1 aromatic rings. The topological polar surface area (TPSA) is 50.3 Å². The van der Waals surface area contributed by atoms with E-state index in [1.165, 1.54) is 5.56 Å². The number of rotatable bonds is 4. The fourth-order valence-electron chi connectivity index (χ4n) is 2.57. The van der Waals surface area contributed by atoms with Gasteiger partial charge in [-0.15, -0.1) is 0 Å². The second kappa shape index (κ2) is 5.74. The molecule has 5 heteroatoms. The molecule has 0 spiro atoms. The number of anilines is 2. The van der Waals surface area contributed by atoms with Crippen LogP contribution in [-0.4, -0.2) is 42.3 Å². The van der Waals surface area contributed by atoms with Crippen molar-refractivity contribution in [1.82, 2.24) is 9.97 Å². The van der Waals surface area contributed by atoms with Gasteiger partial charge in [0.1, 0.15) is 18.0 Å². The molecule has 1 N–H and O–H groups in total. The molecule has 2 rings (SSSR count). The van der Waals surface area contributed by atoms with Crippen molar-refractivity contribution in [2.45, 2.75) is 39.2 Å². The highest BCUT2D eigenvalue weighted by Crippen LogP contribution is 2.28. The van der Waals surface area contributed by atoms with Crippen molar-refractivity contribution in [3.05, 3.63) is 11.9 Å². The van der Waals surface area contributed by atoms with Crippen LogP contribution in [0.15, 0.2) is 6.33 Å². The van der Waals surface area contributed by atoms with Gasteiger partial charge in [-0.2, -0.15) is 0 Å². The van der Waals surface area contributed by atoms with E-state index in [9.17, 15) is 0 Å². The molecule has 0 saturated carbocycles. The summed E-state index contributed by atoms with van der Waals surface area (Å²) < 4.78 is 5.77. The lowest BCUT2D eigenvalue weighted by molar-refractivity contribution is -0.0279. The molecule has 0 atom stereocenters. The Kier molecular flexibility index (Phi) is 4.24. The number of nitrogens with one attached hydrogen (secondary N) is 1. The summed E-state index contributed by atoms with van der Waals surface area (Å²) in [5.74, 6) is 1.99. The lowest BCUT2D eigenvalue weighted by atomic mass is 10.1. The van der Waals surface area contributed by atoms with Crippen LogP contribution in [0.1, 0.15) is 32.8 Å². The molecule has 2 heterocycles. The van der Waals surface area contributed by atoms with Crippen LogP contribution >= 0.6 is 0 Å². The largest absolute Gasteiger partial charge is 0.373 e. The Morgan fingerprint density at radius 2 is 2.21 bits per heavy atom. The van der Waals surface area contributed by atoms with E-state index in [1.54, 1.807) is 6.33 Å². The first-order valence-corrected chi connectivity index (χ1v) is 6.98. The Morgan fingerprint density at radius 3 is 2.84 bits per heavy atom. The number of nitrogens with zero attached hydrogens (tertiary/aromatic N) is 3. The lowest BCUT2D eigenvalue weighted by Gasteiger charge is -2.39. The van der Waals surface area contributed by atoms with E-state index in [0.29, 0.717) is 0 Å². The molecule has 0 aliphatic carbocycles. The highest BCUT2D eigenvalue weighted by Gasteiger charge is 2.29. The first-order valence-electron chi connectivity index (χ1n) is 6.98. The summed E-state index contributed by atoms with van der Waals surface area (Å²) in [5, 5.41) is 3.17. The van der Waals surface area contributed by atoms with Crippen LogP contribution in [0.3, 0.4) is 0 Å². The highest BCUT2D eigenvalue weighted by atomic mass is 16.5. The molecule has 1 aliphatic heterocycles. The van der Waals surface area contributed by atoms with Crippen LogP contribution in [0.25, 0.3) is 0 Å². The maximum absolute atomic E-state index is 5.77. The van der Waals surface area contributed by atoms with Crippen molar-refractivity contribution >= 4 is 11.6 Å². The molecule has 0 amide bonds. The van der Waals surface area contributed by atoms with Crippen LogP contribution in [-0.2, 0) is 11.2 Å². The molecule has 0 radical (unpaired) electrons. The minimum Gasteiger partial charge on any atom is -0.373 e. The van der Waals surface area contributed by atoms with Gasteiger partial charge in [0.25, 0.3) is 0 Å². The van der Waals surface area contributed by atoms with E-state index in [2.05, 4.69) is 41.0 Å². The van der Waals surface area contributed by atoms with Crippen LogP contribution in [0.2, 0.25) is 0 Å². The Bertz CT molecular complexity index is 433. The summed E-state index contributed by atoms with van der Waals surface area (Å²) in [6.45, 7) is 8.93. The summed E-state index contributed by atoms with van der Waals surface area (Å²) in [7, 11) is 1.91. The average molecular weight is 264 g/mol. The van der Waals surface area contributed by atoms with Crippen LogP contribution in [0.4, 0.5) is 11.6 Å². The van der Waals surface area contributed by atoms with Crippen LogP contribution in [0.5, 0.6) is 0 Å². The summed E-state index contributed by atoms with van der Waals surface area (Å²) in [6.07, 6.45) is 3.72. The molecule has 0 bridgehead atoms. The van der Waals surface area contributed by atoms with Gasteiger partial charge >= 0.3 is 0 Å². The molecule has 0 aromatic carbocycles. The summed E-state index contributed by atoms with van der Waals surface area (Å²) in [5.41, 5.74) is 1.09. The standard InChI is InChI=1S/C14H24N4O/c1-5-6-11-12(15-4)16-10-17-13(11)18-7-8-19-14(2,3)9-18/h10H,5-9H2,1-4H3,(H,15,16,17). The Morgan fingerprint density at radius 1 is 1.42 bits per heavy atom. The van der Waals surface area contributed by atoms with Crippen molar-refractivity contribution in [2.24, 2.45) is 0 Å². The molecule has 0 unspecified atom stereocenters. The van der Waals surface area contributed by atoms with Gasteiger partial charge in [0, 0.05) is 25.7 Å². The zero-order valence-corrected chi connectivity index (χ0v) is 12.4. The lowest BCUT2D eigenvalue weighted by Crippen LogP contribution is -2.49. The fourth-order valence-corrected chi connectivity index (χ4v) is 2.57. The van der Waals surface area contributed by atoms with E-state index in [-0.39, 0.29) is 5.60 Å². The number of morpholine rings is 1. The minimum atomic E-state index is -0.119. The number of ether oxygens (including phenoxy) is 1. The van der Waals surface area contributed by atoms with Gasteiger partial charge in [-0.25, -0.2) is 9.97 Å². The monoisotopic (exact) mass is 264 g/mol. The van der Waals surface area contributed by atoms with E-state index >= 15 is 0 Å². The molecule has 1 aliphatic rings. The van der Waals surface area contributed by atoms with Crippen LogP contribution in [0, 0.1) is 0 Å². The van der Waals surface area contributed by atoms with Gasteiger partial charge in [0.2, 0.25) is 0 Å². The normalized spacial score (nSPS) is 18.4. The molecule has 1 fully saturated rings. The molecule has 5 nitrogen and oxygen atoms in total. The summed E-state index contributed by atoms with van der Waals surface area (Å²) in [6, 6.07) is 0. The average Bonchev–Trinajstić information content (AvgIpc) is 2.38. The van der Waals surface area contributed by atoms with Gasteiger partial charge < -0.3 is 15.0 Å². The Labute approximate surface area is 115 Å². The summed E-state index contributed by atoms with van der Waals surface area (Å²) in [4.78, 5) is 11.2. The fraction of sp³-hybridized carbons (Fsp3) is 0.714. The molecule has 1 aromatic heterocycles. The minimum absolute atomic E-state index is 0.119. The number of aromatic nitrogens is 2. The third-order valence-electron chi connectivity index (χ3n) is 3.38. The zero-order chi connectivity index (χ0) is 13.9. The number of hydrogen-bond donors (Lipinski definition) is 1. The van der Waals surface area contributed by atoms with Gasteiger partial charge in [0.15, 0.2) is 0 Å². The quantitative estimate of drug-likeness (QED) is 0.902. The predicted octanol–water partition coefficient (Wildman–Crippen LogP) is 2.09. The molecular formula is C14H24N4O. The second-order valence-electron chi connectivity index (χ2n) is 5.55. The van der Waals surface area contributed by atoms with Gasteiger partial charge in [-0.3, -0.25) is 0 Å². The maximum atomic E-state index is 5.77. The van der Waals surface area contributed by atoms with E-state index < -0.39 is 0 Å². The maximum Gasteiger partial charge on any atom is 0.137 e. The molecule has 19 heavy (non-hydrogen) atoms. The van der Waals surface area contributed by atoms with Crippen LogP contribution < -0.4 is 10.2 Å². The van der Waals surface area contributed by atoms with Gasteiger partial charge in [-0.1, -0.05) is 13.3 Å². The first kappa shape index (κ1) is 14.1. The third-order valence-corrected chi connectivity index (χ3v) is 3.38. The van der Waals surface area contributed by atoms with Crippen molar-refractivity contribution in [2.75, 3.05) is 37.0 Å². The smallest absolute Gasteiger partial charge is 0.137 e. The Hall–Kier alpha value is -1.36. The second-order valence-corrected chi connectivity index (χ2v) is 5.55. The van der Waals surface area contributed by atoms with Crippen molar-refractivity contribution < 1.29 is 4.74 Å². The SMILES string of the molecule is CCCc1c(NC)ncnc1N1CCOC(C)(C)C1. The van der Waals surface area contributed by atoms with Gasteiger partial charge in [-0.05, 0) is 20.3 Å². The van der Waals surface area contributed by atoms with Gasteiger partial charge in [0.05, 0.1) is 12.2 Å². The highest BCUT2D eigenvalue weighted by molar-refractivity contribution is 5.59. The van der Waals surface area contributed by atoms with E-state index in [4.69, 9.17) is 4.74 Å². The van der Waals surface area contributed by atoms with E-state index in [1.807, 2.05) is 7.05 Å². The van der Waals surface area contributed by atoms with Crippen molar-refractivity contribution in [3.63, 3.8) is 0 Å². The van der Waals surface area contributed by atoms with Crippen molar-refractivity contribution in [3.8, 4) is 0 Å². The van der Waals surface area contributed by atoms with E-state index in [0.717, 1.165) is 44.2 Å². The summed E-state index contributed by atoms with van der Waals surface area (Å²) >= 11 is 0. The molecular weight excluding hydrogens is 240 g/mol. The molecule has 1 saturated heterocycles. The Balaban J connectivity index is 2.32. The predicted molar refractivity (Wildman–Crippen MR) is 77.8 cm³/mol. The third kappa shape index (κ3) is 3.15.